The normalized spacial score (nSPS) is 16.8. The van der Waals surface area contributed by atoms with Gasteiger partial charge in [0, 0.05) is 43.6 Å². The average molecular weight is 368 g/mol. The van der Waals surface area contributed by atoms with Gasteiger partial charge in [0.15, 0.2) is 0 Å². The molecule has 1 aliphatic heterocycles. The number of nitrogens with zero attached hydrogens (tertiary/aromatic N) is 5. The van der Waals surface area contributed by atoms with Crippen LogP contribution in [0.5, 0.6) is 0 Å². The van der Waals surface area contributed by atoms with E-state index >= 15 is 0 Å². The Morgan fingerprint density at radius 1 is 1.23 bits per heavy atom. The highest BCUT2D eigenvalue weighted by Gasteiger charge is 2.26. The van der Waals surface area contributed by atoms with Crippen molar-refractivity contribution in [1.29, 1.82) is 0 Å². The molecule has 0 aliphatic carbocycles. The summed E-state index contributed by atoms with van der Waals surface area (Å²) in [6, 6.07) is 5.68. The van der Waals surface area contributed by atoms with Crippen LogP contribution in [0.4, 0.5) is 5.95 Å². The fourth-order valence-electron chi connectivity index (χ4n) is 3.22. The smallest absolute Gasteiger partial charge is 0.255 e. The second-order valence-electron chi connectivity index (χ2n) is 6.36. The number of aromatic nitrogens is 4. The van der Waals surface area contributed by atoms with Crippen molar-refractivity contribution in [2.45, 2.75) is 19.5 Å². The van der Waals surface area contributed by atoms with Crippen LogP contribution in [0.1, 0.15) is 22.5 Å². The van der Waals surface area contributed by atoms with Crippen molar-refractivity contribution in [3.8, 4) is 0 Å². The van der Waals surface area contributed by atoms with Gasteiger partial charge in [-0.3, -0.25) is 9.48 Å². The van der Waals surface area contributed by atoms with Crippen molar-refractivity contribution in [1.82, 2.24) is 24.6 Å². The summed E-state index contributed by atoms with van der Waals surface area (Å²) in [5.41, 5.74) is 1.84. The van der Waals surface area contributed by atoms with Gasteiger partial charge < -0.3 is 10.2 Å². The van der Waals surface area contributed by atoms with Gasteiger partial charge in [-0.05, 0) is 35.9 Å². The molecule has 4 rings (SSSR count). The van der Waals surface area contributed by atoms with E-state index in [4.69, 9.17) is 0 Å². The van der Waals surface area contributed by atoms with Crippen molar-refractivity contribution in [3.05, 3.63) is 58.8 Å². The van der Waals surface area contributed by atoms with E-state index in [0.717, 1.165) is 37.3 Å². The zero-order valence-corrected chi connectivity index (χ0v) is 15.1. The average Bonchev–Trinajstić information content (AvgIpc) is 3.31. The number of carbonyl (C=O) groups excluding carboxylic acids is 1. The maximum atomic E-state index is 12.9. The predicted octanol–water partition coefficient (Wildman–Crippen LogP) is 2.51. The molecule has 3 aromatic rings. The van der Waals surface area contributed by atoms with Gasteiger partial charge in [0.1, 0.15) is 0 Å². The van der Waals surface area contributed by atoms with Gasteiger partial charge in [-0.2, -0.15) is 16.4 Å². The fourth-order valence-corrected chi connectivity index (χ4v) is 3.85. The van der Waals surface area contributed by atoms with E-state index < -0.39 is 0 Å². The van der Waals surface area contributed by atoms with Crippen LogP contribution in [0, 0.1) is 5.92 Å². The van der Waals surface area contributed by atoms with Crippen LogP contribution in [-0.4, -0.2) is 43.6 Å². The molecule has 1 N–H and O–H groups in total. The number of carbonyl (C=O) groups is 1. The largest absolute Gasteiger partial charge is 0.354 e. The Kier molecular flexibility index (Phi) is 4.92. The fraction of sp³-hybridized carbons (Fsp3) is 0.333. The molecule has 0 fully saturated rings. The lowest BCUT2D eigenvalue weighted by Gasteiger charge is -2.24. The summed E-state index contributed by atoms with van der Waals surface area (Å²) in [5, 5.41) is 11.5. The Morgan fingerprint density at radius 3 is 2.92 bits per heavy atom. The van der Waals surface area contributed by atoms with Crippen LogP contribution in [0.3, 0.4) is 0 Å². The standard InChI is InChI=1S/C18H20N6OS/c25-17(15-4-9-26-13-15)23-10-14(11-24-16(12-23)3-8-22-24)2-7-21-18-19-5-1-6-20-18/h1,3-6,8-9,13-14H,2,7,10-12H2,(H,19,20,21)/t14-/m1/s1. The number of thiophene rings is 1. The molecule has 1 atom stereocenters. The molecule has 0 unspecified atom stereocenters. The maximum absolute atomic E-state index is 12.9. The van der Waals surface area contributed by atoms with Gasteiger partial charge in [0.05, 0.1) is 17.8 Å². The van der Waals surface area contributed by atoms with E-state index in [1.165, 1.54) is 0 Å². The van der Waals surface area contributed by atoms with Crippen LogP contribution < -0.4 is 5.32 Å². The number of amides is 1. The molecule has 134 valence electrons. The summed E-state index contributed by atoms with van der Waals surface area (Å²) in [6.45, 7) is 2.88. The summed E-state index contributed by atoms with van der Waals surface area (Å²) in [7, 11) is 0. The van der Waals surface area contributed by atoms with Crippen LogP contribution in [0.2, 0.25) is 0 Å². The zero-order valence-electron chi connectivity index (χ0n) is 14.3. The molecular formula is C18H20N6OS. The second-order valence-corrected chi connectivity index (χ2v) is 7.14. The third-order valence-electron chi connectivity index (χ3n) is 4.52. The first-order valence-electron chi connectivity index (χ1n) is 8.62. The molecule has 0 bridgehead atoms. The molecule has 1 amide bonds. The minimum Gasteiger partial charge on any atom is -0.354 e. The molecule has 8 heteroatoms. The highest BCUT2D eigenvalue weighted by Crippen LogP contribution is 2.21. The Balaban J connectivity index is 1.45. The lowest BCUT2D eigenvalue weighted by Crippen LogP contribution is -2.34. The number of fused-ring (bicyclic) bond motifs is 1. The number of hydrogen-bond acceptors (Lipinski definition) is 6. The van der Waals surface area contributed by atoms with E-state index in [1.54, 1.807) is 36.0 Å². The van der Waals surface area contributed by atoms with E-state index in [-0.39, 0.29) is 5.91 Å². The first-order chi connectivity index (χ1) is 12.8. The third kappa shape index (κ3) is 3.75. The molecule has 0 saturated carbocycles. The van der Waals surface area contributed by atoms with Crippen molar-refractivity contribution >= 4 is 23.2 Å². The first kappa shape index (κ1) is 16.7. The van der Waals surface area contributed by atoms with Crippen molar-refractivity contribution < 1.29 is 4.79 Å². The van der Waals surface area contributed by atoms with Crippen LogP contribution >= 0.6 is 11.3 Å². The molecule has 0 spiro atoms. The molecule has 7 nitrogen and oxygen atoms in total. The molecule has 0 aromatic carbocycles. The predicted molar refractivity (Wildman–Crippen MR) is 99.9 cm³/mol. The molecule has 3 aromatic heterocycles. The number of anilines is 1. The number of nitrogens with one attached hydrogen (secondary N) is 1. The quantitative estimate of drug-likeness (QED) is 0.749. The van der Waals surface area contributed by atoms with Crippen molar-refractivity contribution in [3.63, 3.8) is 0 Å². The lowest BCUT2D eigenvalue weighted by atomic mass is 10.0. The van der Waals surface area contributed by atoms with Gasteiger partial charge in [-0.25, -0.2) is 9.97 Å². The molecular weight excluding hydrogens is 348 g/mol. The summed E-state index contributed by atoms with van der Waals surface area (Å²) in [4.78, 5) is 23.2. The van der Waals surface area contributed by atoms with Crippen molar-refractivity contribution in [2.24, 2.45) is 5.92 Å². The molecule has 1 aliphatic rings. The third-order valence-corrected chi connectivity index (χ3v) is 5.21. The van der Waals surface area contributed by atoms with Gasteiger partial charge >= 0.3 is 0 Å². The molecule has 26 heavy (non-hydrogen) atoms. The topological polar surface area (TPSA) is 75.9 Å². The van der Waals surface area contributed by atoms with Crippen LogP contribution in [-0.2, 0) is 13.1 Å². The Labute approximate surface area is 155 Å². The number of rotatable bonds is 5. The monoisotopic (exact) mass is 368 g/mol. The maximum Gasteiger partial charge on any atom is 0.255 e. The van der Waals surface area contributed by atoms with Gasteiger partial charge in [0.25, 0.3) is 5.91 Å². The Bertz CT molecular complexity index is 848. The van der Waals surface area contributed by atoms with Crippen LogP contribution in [0.15, 0.2) is 47.5 Å². The summed E-state index contributed by atoms with van der Waals surface area (Å²) < 4.78 is 2.02. The Morgan fingerprint density at radius 2 is 2.12 bits per heavy atom. The summed E-state index contributed by atoms with van der Waals surface area (Å²) >= 11 is 1.55. The van der Waals surface area contributed by atoms with Crippen molar-refractivity contribution in [2.75, 3.05) is 18.4 Å². The van der Waals surface area contributed by atoms with E-state index in [9.17, 15) is 4.79 Å². The van der Waals surface area contributed by atoms with Gasteiger partial charge in [-0.15, -0.1) is 0 Å². The molecule has 0 saturated heterocycles. The lowest BCUT2D eigenvalue weighted by molar-refractivity contribution is 0.0720. The molecule has 4 heterocycles. The minimum absolute atomic E-state index is 0.0882. The molecule has 0 radical (unpaired) electrons. The minimum atomic E-state index is 0.0882. The van der Waals surface area contributed by atoms with E-state index in [0.29, 0.717) is 18.4 Å². The van der Waals surface area contributed by atoms with Crippen LogP contribution in [0.25, 0.3) is 0 Å². The summed E-state index contributed by atoms with van der Waals surface area (Å²) in [6.07, 6.45) is 6.16. The SMILES string of the molecule is O=C(c1ccsc1)N1Cc2ccnn2C[C@H](CCNc2ncccn2)C1. The number of hydrogen-bond donors (Lipinski definition) is 1. The van der Waals surface area contributed by atoms with E-state index in [1.807, 2.05) is 32.5 Å². The zero-order chi connectivity index (χ0) is 17.8. The van der Waals surface area contributed by atoms with E-state index in [2.05, 4.69) is 20.4 Å². The highest BCUT2D eigenvalue weighted by atomic mass is 32.1. The first-order valence-corrected chi connectivity index (χ1v) is 9.57. The van der Waals surface area contributed by atoms with Gasteiger partial charge in [-0.1, -0.05) is 0 Å². The second kappa shape index (κ2) is 7.65. The summed E-state index contributed by atoms with van der Waals surface area (Å²) in [5.74, 6) is 1.03. The highest BCUT2D eigenvalue weighted by molar-refractivity contribution is 7.08. The Hall–Kier alpha value is -2.74. The van der Waals surface area contributed by atoms with Gasteiger partial charge in [0.2, 0.25) is 5.95 Å².